The summed E-state index contributed by atoms with van der Waals surface area (Å²) in [5.41, 5.74) is 0. The molecule has 0 amide bonds. The van der Waals surface area contributed by atoms with Gasteiger partial charge in [-0.05, 0) is 89.9 Å². The zero-order valence-corrected chi connectivity index (χ0v) is 33.5. The zero-order valence-electron chi connectivity index (χ0n) is 32.6. The standard InChI is InChI=1S/C43H69O9P/c1-3-5-7-9-11-13-15-17-18-19-20-21-23-25-27-29-31-35-43(45)51-39(38-50-53(46,47)48)37-49-42(44)36-32-34-41-40(52-41)33-30-28-26-24-22-16-14-12-10-8-6-4-2/h5,7,11-14,17-18,20-22,24,28,30,39-41H,3-4,6,8-10,15-16,19,23,25-27,29,31-38H2,1-2H3,(H2,46,47,48)/b7-5-,13-11-,14-12-,18-17-,21-20-,24-22-,30-28-/t39-,40?,41?/m1/s1. The monoisotopic (exact) mass is 760 g/mol. The molecule has 1 aliphatic rings. The van der Waals surface area contributed by atoms with Crippen LogP contribution in [-0.2, 0) is 32.9 Å². The van der Waals surface area contributed by atoms with Crippen LogP contribution >= 0.6 is 7.82 Å². The van der Waals surface area contributed by atoms with Gasteiger partial charge in [0, 0.05) is 12.8 Å². The molecule has 1 rings (SSSR count). The van der Waals surface area contributed by atoms with Crippen LogP contribution in [0.25, 0.3) is 0 Å². The highest BCUT2D eigenvalue weighted by Gasteiger charge is 2.36. The second-order valence-electron chi connectivity index (χ2n) is 13.3. The van der Waals surface area contributed by atoms with Gasteiger partial charge in [-0.25, -0.2) is 4.57 Å². The maximum absolute atomic E-state index is 12.4. The molecule has 0 aliphatic carbocycles. The molecule has 0 spiro atoms. The third kappa shape index (κ3) is 33.5. The number of allylic oxidation sites excluding steroid dienone is 13. The zero-order chi connectivity index (χ0) is 38.7. The summed E-state index contributed by atoms with van der Waals surface area (Å²) in [6, 6.07) is 0. The van der Waals surface area contributed by atoms with E-state index in [0.29, 0.717) is 12.8 Å². The van der Waals surface area contributed by atoms with E-state index in [9.17, 15) is 14.2 Å². The number of epoxide rings is 1. The van der Waals surface area contributed by atoms with E-state index in [2.05, 4.69) is 103 Å². The van der Waals surface area contributed by atoms with E-state index in [4.69, 9.17) is 24.0 Å². The van der Waals surface area contributed by atoms with Gasteiger partial charge in [0.15, 0.2) is 6.10 Å². The van der Waals surface area contributed by atoms with Gasteiger partial charge >= 0.3 is 19.8 Å². The van der Waals surface area contributed by atoms with Crippen LogP contribution in [-0.4, -0.2) is 53.3 Å². The van der Waals surface area contributed by atoms with Gasteiger partial charge in [-0.15, -0.1) is 0 Å². The first-order valence-corrected chi connectivity index (χ1v) is 21.5. The second-order valence-corrected chi connectivity index (χ2v) is 14.5. The molecule has 2 unspecified atom stereocenters. The Morgan fingerprint density at radius 1 is 0.623 bits per heavy atom. The maximum atomic E-state index is 12.4. The summed E-state index contributed by atoms with van der Waals surface area (Å²) in [6.07, 6.45) is 47.5. The third-order valence-electron chi connectivity index (χ3n) is 8.32. The molecule has 3 atom stereocenters. The highest BCUT2D eigenvalue weighted by Crippen LogP contribution is 2.36. The summed E-state index contributed by atoms with van der Waals surface area (Å²) in [5.74, 6) is -0.998. The van der Waals surface area contributed by atoms with Gasteiger partial charge in [0.1, 0.15) is 6.61 Å². The number of hydrogen-bond acceptors (Lipinski definition) is 7. The fourth-order valence-electron chi connectivity index (χ4n) is 5.27. The quantitative estimate of drug-likeness (QED) is 0.0216. The number of ether oxygens (including phenoxy) is 3. The molecule has 0 aromatic rings. The highest BCUT2D eigenvalue weighted by molar-refractivity contribution is 7.46. The smallest absolute Gasteiger partial charge is 0.462 e. The molecular weight excluding hydrogens is 691 g/mol. The van der Waals surface area contributed by atoms with Gasteiger partial charge < -0.3 is 24.0 Å². The number of hydrogen-bond donors (Lipinski definition) is 2. The molecule has 1 fully saturated rings. The van der Waals surface area contributed by atoms with Gasteiger partial charge in [0.25, 0.3) is 0 Å². The van der Waals surface area contributed by atoms with Crippen LogP contribution in [0.5, 0.6) is 0 Å². The number of esters is 2. The van der Waals surface area contributed by atoms with Crippen LogP contribution in [0.15, 0.2) is 85.1 Å². The molecule has 0 radical (unpaired) electrons. The predicted octanol–water partition coefficient (Wildman–Crippen LogP) is 11.1. The van der Waals surface area contributed by atoms with Crippen molar-refractivity contribution in [3.63, 3.8) is 0 Å². The molecule has 53 heavy (non-hydrogen) atoms. The summed E-state index contributed by atoms with van der Waals surface area (Å²) < 4.78 is 32.1. The molecule has 0 saturated carbocycles. The Morgan fingerprint density at radius 3 is 1.74 bits per heavy atom. The van der Waals surface area contributed by atoms with E-state index < -0.39 is 32.5 Å². The number of carbonyl (C=O) groups excluding carboxylic acids is 2. The van der Waals surface area contributed by atoms with Crippen LogP contribution < -0.4 is 0 Å². The van der Waals surface area contributed by atoms with Gasteiger partial charge in [-0.1, -0.05) is 125 Å². The van der Waals surface area contributed by atoms with Gasteiger partial charge in [-0.2, -0.15) is 0 Å². The van der Waals surface area contributed by atoms with Crippen LogP contribution in [0.1, 0.15) is 142 Å². The largest absolute Gasteiger partial charge is 0.469 e. The Balaban J connectivity index is 2.17. The summed E-state index contributed by atoms with van der Waals surface area (Å²) >= 11 is 0. The Morgan fingerprint density at radius 2 is 1.15 bits per heavy atom. The van der Waals surface area contributed by atoms with E-state index in [1.165, 1.54) is 19.3 Å². The maximum Gasteiger partial charge on any atom is 0.469 e. The van der Waals surface area contributed by atoms with Crippen molar-refractivity contribution in [2.24, 2.45) is 0 Å². The van der Waals surface area contributed by atoms with Crippen LogP contribution in [0.2, 0.25) is 0 Å². The Kier molecular flexibility index (Phi) is 30.7. The molecule has 1 saturated heterocycles. The Bertz CT molecular complexity index is 1190. The highest BCUT2D eigenvalue weighted by atomic mass is 31.2. The minimum absolute atomic E-state index is 0.131. The molecule has 1 heterocycles. The van der Waals surface area contributed by atoms with Crippen molar-refractivity contribution in [3.05, 3.63) is 85.1 Å². The normalized spacial score (nSPS) is 17.2. The first kappa shape index (κ1) is 48.2. The summed E-state index contributed by atoms with van der Waals surface area (Å²) in [6.45, 7) is 3.44. The van der Waals surface area contributed by atoms with Crippen LogP contribution in [0.4, 0.5) is 0 Å². The predicted molar refractivity (Wildman–Crippen MR) is 215 cm³/mol. The number of carbonyl (C=O) groups is 2. The average Bonchev–Trinajstić information content (AvgIpc) is 3.88. The van der Waals surface area contributed by atoms with Crippen molar-refractivity contribution in [1.82, 2.24) is 0 Å². The number of phosphoric ester groups is 1. The third-order valence-corrected chi connectivity index (χ3v) is 8.81. The molecular formula is C43H69O9P. The van der Waals surface area contributed by atoms with E-state index in [-0.39, 0.29) is 31.7 Å². The molecule has 0 aromatic heterocycles. The fraction of sp³-hybridized carbons (Fsp3) is 0.628. The lowest BCUT2D eigenvalue weighted by atomic mass is 10.1. The van der Waals surface area contributed by atoms with Crippen LogP contribution in [0, 0.1) is 0 Å². The fourth-order valence-corrected chi connectivity index (χ4v) is 5.63. The van der Waals surface area contributed by atoms with Gasteiger partial charge in [0.05, 0.1) is 18.8 Å². The Labute approximate surface area is 320 Å². The van der Waals surface area contributed by atoms with Crippen LogP contribution in [0.3, 0.4) is 0 Å². The topological polar surface area (TPSA) is 132 Å². The molecule has 2 N–H and O–H groups in total. The average molecular weight is 761 g/mol. The SMILES string of the molecule is CC/C=C\C/C=C\C/C=C\C/C=C\CCCCCCC(=O)O[C@H](COC(=O)CCCC1OC1C/C=C\C/C=C\C/C=C\CCCCC)COP(=O)(O)O. The molecule has 9 nitrogen and oxygen atoms in total. The summed E-state index contributed by atoms with van der Waals surface area (Å²) in [7, 11) is -4.79. The minimum atomic E-state index is -4.79. The number of unbranched alkanes of at least 4 members (excludes halogenated alkanes) is 7. The lowest BCUT2D eigenvalue weighted by molar-refractivity contribution is -0.161. The molecule has 0 aromatic carbocycles. The van der Waals surface area contributed by atoms with E-state index >= 15 is 0 Å². The van der Waals surface area contributed by atoms with E-state index in [1.54, 1.807) is 0 Å². The number of rotatable bonds is 34. The first-order chi connectivity index (χ1) is 25.7. The lowest BCUT2D eigenvalue weighted by Gasteiger charge is -2.18. The van der Waals surface area contributed by atoms with E-state index in [0.717, 1.165) is 83.5 Å². The van der Waals surface area contributed by atoms with E-state index in [1.807, 2.05) is 0 Å². The minimum Gasteiger partial charge on any atom is -0.462 e. The molecule has 1 aliphatic heterocycles. The lowest BCUT2D eigenvalue weighted by Crippen LogP contribution is -2.29. The van der Waals surface area contributed by atoms with Gasteiger partial charge in [-0.3, -0.25) is 14.1 Å². The first-order valence-electron chi connectivity index (χ1n) is 20.0. The van der Waals surface area contributed by atoms with Crippen molar-refractivity contribution in [2.75, 3.05) is 13.2 Å². The van der Waals surface area contributed by atoms with Crippen molar-refractivity contribution in [3.8, 4) is 0 Å². The second kappa shape index (κ2) is 33.7. The summed E-state index contributed by atoms with van der Waals surface area (Å²) in [5, 5.41) is 0. The molecule has 10 heteroatoms. The van der Waals surface area contributed by atoms with Crippen molar-refractivity contribution in [2.45, 2.75) is 161 Å². The summed E-state index contributed by atoms with van der Waals surface area (Å²) in [4.78, 5) is 42.9. The van der Waals surface area contributed by atoms with Gasteiger partial charge in [0.2, 0.25) is 0 Å². The number of phosphoric acid groups is 1. The molecule has 0 bridgehead atoms. The molecule has 300 valence electrons. The van der Waals surface area contributed by atoms with Crippen molar-refractivity contribution in [1.29, 1.82) is 0 Å². The van der Waals surface area contributed by atoms with Crippen molar-refractivity contribution < 1.29 is 42.7 Å². The van der Waals surface area contributed by atoms with Crippen molar-refractivity contribution >= 4 is 19.8 Å². The Hall–Kier alpha value is -2.81.